The number of thiazole rings is 1. The summed E-state index contributed by atoms with van der Waals surface area (Å²) in [5.41, 5.74) is 1.71. The summed E-state index contributed by atoms with van der Waals surface area (Å²) in [6.45, 7) is 1.63. The monoisotopic (exact) mass is 315 g/mol. The molecule has 0 aromatic carbocycles. The van der Waals surface area contributed by atoms with E-state index in [0.29, 0.717) is 11.8 Å². The average Bonchev–Trinajstić information content (AvgIpc) is 3.26. The van der Waals surface area contributed by atoms with Crippen LogP contribution in [0.3, 0.4) is 0 Å². The molecule has 0 radical (unpaired) electrons. The Morgan fingerprint density at radius 3 is 3.00 bits per heavy atom. The molecular formula is C16H17N3O2S. The number of rotatable bonds is 3. The summed E-state index contributed by atoms with van der Waals surface area (Å²) in [5.74, 6) is 1.91. The molecule has 1 amide bonds. The minimum absolute atomic E-state index is 0.108. The zero-order valence-corrected chi connectivity index (χ0v) is 12.9. The van der Waals surface area contributed by atoms with Crippen molar-refractivity contribution in [3.05, 3.63) is 41.1 Å². The standard InChI is InChI=1S/C16H17N3O2S/c20-16(15-7-18-10-22-15)19-8-11-3-4-14(13(11)9-19)21-12-2-1-5-17-6-12/h1-2,5-7,10-11,13-14H,3-4,8-9H2/t11-,13+,14-/m1/s1. The normalized spacial score (nSPS) is 26.9. The number of pyridine rings is 1. The molecule has 4 rings (SSSR count). The number of aromatic nitrogens is 2. The van der Waals surface area contributed by atoms with Crippen LogP contribution in [0.4, 0.5) is 0 Å². The van der Waals surface area contributed by atoms with Crippen molar-refractivity contribution in [2.45, 2.75) is 18.9 Å². The van der Waals surface area contributed by atoms with Crippen LogP contribution in [0.25, 0.3) is 0 Å². The van der Waals surface area contributed by atoms with Crippen LogP contribution in [0.2, 0.25) is 0 Å². The molecule has 0 bridgehead atoms. The Bertz CT molecular complexity index is 647. The quantitative estimate of drug-likeness (QED) is 0.873. The highest BCUT2D eigenvalue weighted by Gasteiger charge is 2.45. The molecule has 2 aromatic heterocycles. The van der Waals surface area contributed by atoms with Gasteiger partial charge in [-0.15, -0.1) is 11.3 Å². The van der Waals surface area contributed by atoms with E-state index in [1.165, 1.54) is 11.3 Å². The van der Waals surface area contributed by atoms with Crippen LogP contribution in [0.1, 0.15) is 22.5 Å². The van der Waals surface area contributed by atoms with Gasteiger partial charge in [0.2, 0.25) is 0 Å². The first kappa shape index (κ1) is 13.7. The highest BCUT2D eigenvalue weighted by molar-refractivity contribution is 7.11. The average molecular weight is 315 g/mol. The van der Waals surface area contributed by atoms with Gasteiger partial charge in [0, 0.05) is 25.2 Å². The fraction of sp³-hybridized carbons (Fsp3) is 0.438. The third-order valence-electron chi connectivity index (χ3n) is 4.64. The number of hydrogen-bond donors (Lipinski definition) is 0. The Morgan fingerprint density at radius 1 is 1.27 bits per heavy atom. The summed E-state index contributed by atoms with van der Waals surface area (Å²) in [4.78, 5) is 23.2. The number of amides is 1. The van der Waals surface area contributed by atoms with Gasteiger partial charge in [-0.2, -0.15) is 0 Å². The van der Waals surface area contributed by atoms with Crippen LogP contribution in [-0.2, 0) is 0 Å². The molecular weight excluding hydrogens is 298 g/mol. The van der Waals surface area contributed by atoms with Crippen molar-refractivity contribution in [2.75, 3.05) is 13.1 Å². The number of nitrogens with zero attached hydrogens (tertiary/aromatic N) is 3. The van der Waals surface area contributed by atoms with Crippen LogP contribution in [-0.4, -0.2) is 40.0 Å². The molecule has 0 unspecified atom stereocenters. The number of ether oxygens (including phenoxy) is 1. The molecule has 1 aliphatic heterocycles. The van der Waals surface area contributed by atoms with Crippen molar-refractivity contribution in [2.24, 2.45) is 11.8 Å². The number of carbonyl (C=O) groups excluding carboxylic acids is 1. The van der Waals surface area contributed by atoms with Gasteiger partial charge in [0.25, 0.3) is 5.91 Å². The molecule has 6 heteroatoms. The maximum atomic E-state index is 12.4. The zero-order chi connectivity index (χ0) is 14.9. The van der Waals surface area contributed by atoms with Crippen molar-refractivity contribution in [1.29, 1.82) is 0 Å². The summed E-state index contributed by atoms with van der Waals surface area (Å²) >= 11 is 1.41. The van der Waals surface area contributed by atoms with Gasteiger partial charge >= 0.3 is 0 Å². The van der Waals surface area contributed by atoms with E-state index >= 15 is 0 Å². The largest absolute Gasteiger partial charge is 0.488 e. The van der Waals surface area contributed by atoms with E-state index < -0.39 is 0 Å². The highest BCUT2D eigenvalue weighted by atomic mass is 32.1. The number of likely N-dealkylation sites (tertiary alicyclic amines) is 1. The Kier molecular flexibility index (Phi) is 3.54. The second kappa shape index (κ2) is 5.68. The molecule has 1 aliphatic carbocycles. The molecule has 5 nitrogen and oxygen atoms in total. The van der Waals surface area contributed by atoms with Crippen LogP contribution in [0.15, 0.2) is 36.2 Å². The first-order valence-electron chi connectivity index (χ1n) is 7.55. The van der Waals surface area contributed by atoms with Crippen molar-refractivity contribution in [1.82, 2.24) is 14.9 Å². The molecule has 2 aromatic rings. The second-order valence-corrected chi connectivity index (χ2v) is 6.81. The van der Waals surface area contributed by atoms with Gasteiger partial charge in [-0.3, -0.25) is 14.8 Å². The topological polar surface area (TPSA) is 55.3 Å². The zero-order valence-electron chi connectivity index (χ0n) is 12.1. The van der Waals surface area contributed by atoms with Crippen LogP contribution in [0, 0.1) is 11.8 Å². The van der Waals surface area contributed by atoms with E-state index in [4.69, 9.17) is 4.74 Å². The van der Waals surface area contributed by atoms with Gasteiger partial charge in [0.1, 0.15) is 16.7 Å². The molecule has 22 heavy (non-hydrogen) atoms. The Morgan fingerprint density at radius 2 is 2.23 bits per heavy atom. The van der Waals surface area contributed by atoms with E-state index in [2.05, 4.69) is 9.97 Å². The van der Waals surface area contributed by atoms with E-state index in [1.54, 1.807) is 24.1 Å². The lowest BCUT2D eigenvalue weighted by Crippen LogP contribution is -2.32. The molecule has 3 atom stereocenters. The molecule has 0 N–H and O–H groups in total. The number of hydrogen-bond acceptors (Lipinski definition) is 5. The lowest BCUT2D eigenvalue weighted by Gasteiger charge is -2.21. The Balaban J connectivity index is 1.44. The van der Waals surface area contributed by atoms with Crippen LogP contribution in [0.5, 0.6) is 5.75 Å². The van der Waals surface area contributed by atoms with Crippen LogP contribution < -0.4 is 4.74 Å². The van der Waals surface area contributed by atoms with Crippen molar-refractivity contribution >= 4 is 17.2 Å². The van der Waals surface area contributed by atoms with Gasteiger partial charge in [0.05, 0.1) is 17.9 Å². The van der Waals surface area contributed by atoms with Gasteiger partial charge in [-0.1, -0.05) is 0 Å². The minimum Gasteiger partial charge on any atom is -0.488 e. The number of fused-ring (bicyclic) bond motifs is 1. The summed E-state index contributed by atoms with van der Waals surface area (Å²) in [5, 5.41) is 0. The molecule has 3 heterocycles. The first-order chi connectivity index (χ1) is 10.8. The summed E-state index contributed by atoms with van der Waals surface area (Å²) < 4.78 is 6.10. The van der Waals surface area contributed by atoms with Crippen molar-refractivity contribution < 1.29 is 9.53 Å². The SMILES string of the molecule is O=C(c1cncs1)N1C[C@H]2CC[C@@H](Oc3cccnc3)[C@H]2C1. The highest BCUT2D eigenvalue weighted by Crippen LogP contribution is 2.40. The third-order valence-corrected chi connectivity index (χ3v) is 5.40. The summed E-state index contributed by atoms with van der Waals surface area (Å²) in [6.07, 6.45) is 7.53. The first-order valence-corrected chi connectivity index (χ1v) is 8.43. The van der Waals surface area contributed by atoms with E-state index in [0.717, 1.165) is 36.6 Å². The predicted molar refractivity (Wildman–Crippen MR) is 82.9 cm³/mol. The Labute approximate surface area is 133 Å². The summed E-state index contributed by atoms with van der Waals surface area (Å²) in [6, 6.07) is 3.82. The molecule has 114 valence electrons. The van der Waals surface area contributed by atoms with E-state index in [1.807, 2.05) is 17.0 Å². The predicted octanol–water partition coefficient (Wildman–Crippen LogP) is 2.47. The molecule has 2 fully saturated rings. The van der Waals surface area contributed by atoms with Gasteiger partial charge < -0.3 is 9.64 Å². The van der Waals surface area contributed by atoms with Crippen molar-refractivity contribution in [3.63, 3.8) is 0 Å². The second-order valence-electron chi connectivity index (χ2n) is 5.92. The minimum atomic E-state index is 0.108. The third kappa shape index (κ3) is 2.47. The number of carbonyl (C=O) groups is 1. The van der Waals surface area contributed by atoms with E-state index in [-0.39, 0.29) is 12.0 Å². The lowest BCUT2D eigenvalue weighted by atomic mass is 9.99. The summed E-state index contributed by atoms with van der Waals surface area (Å²) in [7, 11) is 0. The van der Waals surface area contributed by atoms with Gasteiger partial charge in [-0.25, -0.2) is 0 Å². The molecule has 0 spiro atoms. The Hall–Kier alpha value is -1.95. The van der Waals surface area contributed by atoms with Gasteiger partial charge in [0.15, 0.2) is 0 Å². The maximum absolute atomic E-state index is 12.4. The fourth-order valence-corrected chi connectivity index (χ4v) is 4.18. The van der Waals surface area contributed by atoms with Crippen molar-refractivity contribution in [3.8, 4) is 5.75 Å². The molecule has 2 aliphatic rings. The fourth-order valence-electron chi connectivity index (χ4n) is 3.60. The molecule has 1 saturated carbocycles. The lowest BCUT2D eigenvalue weighted by molar-refractivity contribution is 0.0767. The van der Waals surface area contributed by atoms with Crippen LogP contribution >= 0.6 is 11.3 Å². The smallest absolute Gasteiger partial charge is 0.265 e. The van der Waals surface area contributed by atoms with Gasteiger partial charge in [-0.05, 0) is 30.9 Å². The van der Waals surface area contributed by atoms with E-state index in [9.17, 15) is 4.79 Å². The maximum Gasteiger partial charge on any atom is 0.265 e. The molecule has 1 saturated heterocycles.